The molecule has 124 valence electrons. The lowest BCUT2D eigenvalue weighted by atomic mass is 10.0. The summed E-state index contributed by atoms with van der Waals surface area (Å²) in [5.41, 5.74) is 0. The molecule has 0 saturated carbocycles. The number of benzene rings is 1. The van der Waals surface area contributed by atoms with Gasteiger partial charge in [0.1, 0.15) is 6.61 Å². The molecule has 8 heteroatoms. The van der Waals surface area contributed by atoms with Gasteiger partial charge in [0.05, 0.1) is 7.11 Å². The van der Waals surface area contributed by atoms with E-state index < -0.39 is 12.0 Å². The fraction of sp³-hybridized carbons (Fsp3) is 0.467. The summed E-state index contributed by atoms with van der Waals surface area (Å²) in [6.45, 7) is 3.95. The van der Waals surface area contributed by atoms with Gasteiger partial charge in [0.25, 0.3) is 0 Å². The minimum Gasteiger partial charge on any atom is -0.493 e. The van der Waals surface area contributed by atoms with Crippen LogP contribution in [0.25, 0.3) is 0 Å². The number of nitrogens with zero attached hydrogens (tertiary/aromatic N) is 4. The molecule has 1 aromatic heterocycles. The summed E-state index contributed by atoms with van der Waals surface area (Å²) in [5, 5.41) is 20.7. The number of hydrogen-bond donors (Lipinski definition) is 1. The van der Waals surface area contributed by atoms with E-state index in [-0.39, 0.29) is 12.5 Å². The molecule has 1 aromatic carbocycles. The molecule has 0 radical (unpaired) electrons. The molecule has 0 aliphatic rings. The second-order valence-corrected chi connectivity index (χ2v) is 5.46. The second-order valence-electron chi connectivity index (χ2n) is 5.46. The summed E-state index contributed by atoms with van der Waals surface area (Å²) in [4.78, 5) is 11.5. The van der Waals surface area contributed by atoms with Crippen molar-refractivity contribution in [3.8, 4) is 11.5 Å². The van der Waals surface area contributed by atoms with E-state index in [0.717, 1.165) is 0 Å². The Morgan fingerprint density at radius 3 is 2.61 bits per heavy atom. The van der Waals surface area contributed by atoms with Crippen LogP contribution in [0.3, 0.4) is 0 Å². The lowest BCUT2D eigenvalue weighted by molar-refractivity contribution is -0.141. The van der Waals surface area contributed by atoms with Gasteiger partial charge in [-0.05, 0) is 34.9 Å². The van der Waals surface area contributed by atoms with Crippen LogP contribution in [0.1, 0.15) is 32.1 Å². The number of ether oxygens (including phenoxy) is 2. The number of rotatable bonds is 8. The van der Waals surface area contributed by atoms with E-state index in [2.05, 4.69) is 15.5 Å². The Bertz CT molecular complexity index is 656. The van der Waals surface area contributed by atoms with Crippen LogP contribution >= 0.6 is 0 Å². The van der Waals surface area contributed by atoms with Crippen LogP contribution in [0.15, 0.2) is 24.3 Å². The van der Waals surface area contributed by atoms with E-state index >= 15 is 0 Å². The normalized spacial score (nSPS) is 12.2. The molecule has 0 bridgehead atoms. The molecule has 2 rings (SSSR count). The summed E-state index contributed by atoms with van der Waals surface area (Å²) >= 11 is 0. The topological polar surface area (TPSA) is 99.4 Å². The zero-order chi connectivity index (χ0) is 16.8. The fourth-order valence-corrected chi connectivity index (χ4v) is 2.18. The Morgan fingerprint density at radius 1 is 1.30 bits per heavy atom. The highest BCUT2D eigenvalue weighted by Gasteiger charge is 2.25. The maximum Gasteiger partial charge on any atom is 0.328 e. The average Bonchev–Trinajstić information content (AvgIpc) is 2.98. The summed E-state index contributed by atoms with van der Waals surface area (Å²) in [6.07, 6.45) is 0.433. The van der Waals surface area contributed by atoms with Crippen molar-refractivity contribution in [1.82, 2.24) is 20.2 Å². The lowest BCUT2D eigenvalue weighted by Gasteiger charge is -2.16. The lowest BCUT2D eigenvalue weighted by Crippen LogP contribution is -2.24. The average molecular weight is 320 g/mol. The van der Waals surface area contributed by atoms with Gasteiger partial charge in [-0.1, -0.05) is 26.0 Å². The monoisotopic (exact) mass is 320 g/mol. The molecule has 1 unspecified atom stereocenters. The third-order valence-electron chi connectivity index (χ3n) is 3.26. The highest BCUT2D eigenvalue weighted by Crippen LogP contribution is 2.27. The maximum atomic E-state index is 11.5. The smallest absolute Gasteiger partial charge is 0.328 e. The van der Waals surface area contributed by atoms with Crippen molar-refractivity contribution in [2.45, 2.75) is 32.9 Å². The van der Waals surface area contributed by atoms with Crippen LogP contribution in [0.5, 0.6) is 11.5 Å². The minimum atomic E-state index is -0.968. The zero-order valence-electron chi connectivity index (χ0n) is 13.3. The third-order valence-corrected chi connectivity index (χ3v) is 3.26. The van der Waals surface area contributed by atoms with E-state index in [1.54, 1.807) is 19.2 Å². The minimum absolute atomic E-state index is 0.0508. The molecule has 0 amide bonds. The highest BCUT2D eigenvalue weighted by molar-refractivity contribution is 5.71. The number of aliphatic carboxylic acids is 1. The summed E-state index contributed by atoms with van der Waals surface area (Å²) in [5.74, 6) is 0.709. The molecule has 1 N–H and O–H groups in total. The van der Waals surface area contributed by atoms with Crippen molar-refractivity contribution >= 4 is 5.97 Å². The Labute approximate surface area is 134 Å². The van der Waals surface area contributed by atoms with Crippen molar-refractivity contribution < 1.29 is 19.4 Å². The molecule has 2 aromatic rings. The van der Waals surface area contributed by atoms with E-state index in [9.17, 15) is 9.90 Å². The first kappa shape index (κ1) is 16.7. The Morgan fingerprint density at radius 2 is 2.00 bits per heavy atom. The molecule has 23 heavy (non-hydrogen) atoms. The fourth-order valence-electron chi connectivity index (χ4n) is 2.18. The molecule has 1 heterocycles. The second kappa shape index (κ2) is 7.57. The summed E-state index contributed by atoms with van der Waals surface area (Å²) < 4.78 is 12.2. The van der Waals surface area contributed by atoms with Gasteiger partial charge >= 0.3 is 5.97 Å². The number of tetrazole rings is 1. The number of carboxylic acids is 1. The van der Waals surface area contributed by atoms with E-state index in [0.29, 0.717) is 23.7 Å². The van der Waals surface area contributed by atoms with Crippen LogP contribution in [-0.2, 0) is 11.4 Å². The predicted molar refractivity (Wildman–Crippen MR) is 81.3 cm³/mol. The van der Waals surface area contributed by atoms with Crippen LogP contribution in [-0.4, -0.2) is 38.4 Å². The van der Waals surface area contributed by atoms with Gasteiger partial charge in [-0.25, -0.2) is 9.48 Å². The molecular weight excluding hydrogens is 300 g/mol. The van der Waals surface area contributed by atoms with Crippen molar-refractivity contribution in [2.75, 3.05) is 7.11 Å². The Kier molecular flexibility index (Phi) is 5.51. The van der Waals surface area contributed by atoms with Gasteiger partial charge in [-0.2, -0.15) is 0 Å². The third kappa shape index (κ3) is 4.18. The number of carbonyl (C=O) groups is 1. The quantitative estimate of drug-likeness (QED) is 0.793. The van der Waals surface area contributed by atoms with Crippen molar-refractivity contribution in [3.63, 3.8) is 0 Å². The van der Waals surface area contributed by atoms with Gasteiger partial charge in [0.15, 0.2) is 23.4 Å². The number of hydrogen-bond acceptors (Lipinski definition) is 6. The van der Waals surface area contributed by atoms with Crippen LogP contribution in [0, 0.1) is 5.92 Å². The van der Waals surface area contributed by atoms with Crippen molar-refractivity contribution in [1.29, 1.82) is 0 Å². The van der Waals surface area contributed by atoms with Gasteiger partial charge in [0.2, 0.25) is 0 Å². The SMILES string of the molecule is COc1ccccc1OCc1nnnn1C(CC(C)C)C(=O)O. The Balaban J connectivity index is 2.16. The number of aromatic nitrogens is 4. The molecule has 1 atom stereocenters. The summed E-state index contributed by atoms with van der Waals surface area (Å²) in [6, 6.07) is 6.37. The van der Waals surface area contributed by atoms with E-state index in [1.165, 1.54) is 4.68 Å². The number of methoxy groups -OCH3 is 1. The van der Waals surface area contributed by atoms with E-state index in [1.807, 2.05) is 26.0 Å². The highest BCUT2D eigenvalue weighted by atomic mass is 16.5. The molecule has 0 spiro atoms. The first-order valence-electron chi connectivity index (χ1n) is 7.28. The van der Waals surface area contributed by atoms with Gasteiger partial charge in [0, 0.05) is 0 Å². The van der Waals surface area contributed by atoms with Crippen LogP contribution < -0.4 is 9.47 Å². The zero-order valence-corrected chi connectivity index (χ0v) is 13.3. The Hall–Kier alpha value is -2.64. The first-order valence-corrected chi connectivity index (χ1v) is 7.28. The largest absolute Gasteiger partial charge is 0.493 e. The van der Waals surface area contributed by atoms with Crippen molar-refractivity contribution in [3.05, 3.63) is 30.1 Å². The molecule has 0 saturated heterocycles. The molecule has 0 aliphatic heterocycles. The number of carboxylic acid groups (broad SMARTS) is 1. The summed E-state index contributed by atoms with van der Waals surface area (Å²) in [7, 11) is 1.55. The molecular formula is C15H20N4O4. The van der Waals surface area contributed by atoms with Gasteiger partial charge in [-0.3, -0.25) is 0 Å². The van der Waals surface area contributed by atoms with Crippen molar-refractivity contribution in [2.24, 2.45) is 5.92 Å². The van der Waals surface area contributed by atoms with Gasteiger partial charge < -0.3 is 14.6 Å². The molecule has 0 fully saturated rings. The standard InChI is InChI=1S/C15H20N4O4/c1-10(2)8-11(15(20)21)19-14(16-17-18-19)9-23-13-7-5-4-6-12(13)22-3/h4-7,10-11H,8-9H2,1-3H3,(H,20,21). The number of para-hydroxylation sites is 2. The van der Waals surface area contributed by atoms with Crippen LogP contribution in [0.4, 0.5) is 0 Å². The maximum absolute atomic E-state index is 11.5. The van der Waals surface area contributed by atoms with E-state index in [4.69, 9.17) is 9.47 Å². The van der Waals surface area contributed by atoms with Gasteiger partial charge in [-0.15, -0.1) is 5.10 Å². The predicted octanol–water partition coefficient (Wildman–Crippen LogP) is 1.93. The first-order chi connectivity index (χ1) is 11.0. The molecule has 8 nitrogen and oxygen atoms in total. The molecule has 0 aliphatic carbocycles. The van der Waals surface area contributed by atoms with Crippen LogP contribution in [0.2, 0.25) is 0 Å².